The first-order valence-electron chi connectivity index (χ1n) is 13.9. The van der Waals surface area contributed by atoms with E-state index in [2.05, 4.69) is 40.7 Å². The maximum Gasteiger partial charge on any atom is 0.315 e. The third-order valence-corrected chi connectivity index (χ3v) is 11.6. The van der Waals surface area contributed by atoms with Crippen molar-refractivity contribution in [2.45, 2.75) is 85.2 Å². The van der Waals surface area contributed by atoms with Crippen LogP contribution in [-0.4, -0.2) is 49.1 Å². The van der Waals surface area contributed by atoms with E-state index >= 15 is 0 Å². The molecule has 6 rings (SSSR count). The molecule has 0 spiro atoms. The maximum absolute atomic E-state index is 13.5. The van der Waals surface area contributed by atoms with Gasteiger partial charge in [-0.3, -0.25) is 4.79 Å². The van der Waals surface area contributed by atoms with Crippen LogP contribution < -0.4 is 0 Å². The highest BCUT2D eigenvalue weighted by atomic mass is 16.7. The quantitative estimate of drug-likeness (QED) is 0.432. The van der Waals surface area contributed by atoms with Crippen molar-refractivity contribution in [2.75, 3.05) is 13.2 Å². The molecule has 1 N–H and O–H groups in total. The first-order chi connectivity index (χ1) is 16.6. The Labute approximate surface area is 209 Å². The Balaban J connectivity index is 1.38. The van der Waals surface area contributed by atoms with Gasteiger partial charge in [-0.15, -0.1) is 0 Å². The zero-order chi connectivity index (χ0) is 24.9. The molecule has 0 radical (unpaired) electrons. The first kappa shape index (κ1) is 24.1. The van der Waals surface area contributed by atoms with Crippen molar-refractivity contribution in [1.29, 1.82) is 0 Å². The standard InChI is InChI=1S/C29H42O6/c1-15(2)22-8-19-10-27(13-30)21-7-6-16(3)20(21)11-28(19,29(22,27)26(31)32)14-34-24-9-23-25(18(5)35-24)17(4)12-33-23/h8,13,15-21,23-25H,6-7,9-12,14H2,1-5H3,(H,31,32)/t16?,17-,18+,19?,20?,21?,23-,24+,25-,27?,28?,29?/m0/s1. The van der Waals surface area contributed by atoms with Gasteiger partial charge >= 0.3 is 5.97 Å². The lowest BCUT2D eigenvalue weighted by atomic mass is 9.43. The number of hydrogen-bond donors (Lipinski definition) is 1. The first-order valence-corrected chi connectivity index (χ1v) is 13.9. The van der Waals surface area contributed by atoms with E-state index in [1.165, 1.54) is 0 Å². The molecule has 4 aliphatic carbocycles. The number of aliphatic carboxylic acids is 1. The minimum Gasteiger partial charge on any atom is -0.481 e. The molecule has 4 bridgehead atoms. The molecule has 0 aromatic rings. The summed E-state index contributed by atoms with van der Waals surface area (Å²) in [4.78, 5) is 26.7. The van der Waals surface area contributed by atoms with Crippen LogP contribution in [0.15, 0.2) is 11.6 Å². The molecule has 6 aliphatic rings. The van der Waals surface area contributed by atoms with Gasteiger partial charge in [0.25, 0.3) is 0 Å². The van der Waals surface area contributed by atoms with Crippen LogP contribution in [0.25, 0.3) is 0 Å². The second-order valence-electron chi connectivity index (χ2n) is 13.2. The van der Waals surface area contributed by atoms with Gasteiger partial charge in [0.05, 0.1) is 24.2 Å². The lowest BCUT2D eigenvalue weighted by Gasteiger charge is -2.58. The Hall–Kier alpha value is -1.24. The van der Waals surface area contributed by atoms with Crippen molar-refractivity contribution < 1.29 is 28.9 Å². The fourth-order valence-electron chi connectivity index (χ4n) is 10.4. The summed E-state index contributed by atoms with van der Waals surface area (Å²) in [5, 5.41) is 11.1. The summed E-state index contributed by atoms with van der Waals surface area (Å²) in [6.45, 7) is 11.9. The van der Waals surface area contributed by atoms with Gasteiger partial charge in [0.1, 0.15) is 11.7 Å². The molecule has 194 valence electrons. The predicted octanol–water partition coefficient (Wildman–Crippen LogP) is 4.71. The number of carboxylic acids is 1. The Morgan fingerprint density at radius 1 is 1.23 bits per heavy atom. The van der Waals surface area contributed by atoms with Crippen LogP contribution >= 0.6 is 0 Å². The van der Waals surface area contributed by atoms with Gasteiger partial charge in [0, 0.05) is 24.4 Å². The topological polar surface area (TPSA) is 82.1 Å². The summed E-state index contributed by atoms with van der Waals surface area (Å²) in [6, 6.07) is 0. The number of carboxylic acid groups (broad SMARTS) is 1. The van der Waals surface area contributed by atoms with Crippen molar-refractivity contribution >= 4 is 12.3 Å². The minimum absolute atomic E-state index is 0.0477. The van der Waals surface area contributed by atoms with E-state index in [1.54, 1.807) is 0 Å². The van der Waals surface area contributed by atoms with Crippen LogP contribution in [0.1, 0.15) is 66.7 Å². The number of fused-ring (bicyclic) bond motifs is 3. The van der Waals surface area contributed by atoms with Crippen LogP contribution in [0.2, 0.25) is 0 Å². The lowest BCUT2D eigenvalue weighted by Crippen LogP contribution is -2.63. The third kappa shape index (κ3) is 2.77. The van der Waals surface area contributed by atoms with Gasteiger partial charge in [-0.05, 0) is 61.7 Å². The van der Waals surface area contributed by atoms with E-state index in [1.807, 2.05) is 0 Å². The van der Waals surface area contributed by atoms with Gasteiger partial charge in [0.2, 0.25) is 0 Å². The molecular weight excluding hydrogens is 444 g/mol. The molecule has 0 aromatic heterocycles. The predicted molar refractivity (Wildman–Crippen MR) is 129 cm³/mol. The lowest BCUT2D eigenvalue weighted by molar-refractivity contribution is -0.249. The van der Waals surface area contributed by atoms with Gasteiger partial charge in [-0.25, -0.2) is 0 Å². The second-order valence-corrected chi connectivity index (χ2v) is 13.2. The van der Waals surface area contributed by atoms with Crippen LogP contribution in [0, 0.1) is 57.7 Å². The van der Waals surface area contributed by atoms with Crippen molar-refractivity contribution in [3.05, 3.63) is 11.6 Å². The number of carbonyl (C=O) groups excluding carboxylic acids is 1. The third-order valence-electron chi connectivity index (χ3n) is 11.6. The molecule has 5 fully saturated rings. The molecule has 6 nitrogen and oxygen atoms in total. The van der Waals surface area contributed by atoms with E-state index in [0.29, 0.717) is 43.1 Å². The number of aldehydes is 1. The highest BCUT2D eigenvalue weighted by molar-refractivity contribution is 5.90. The van der Waals surface area contributed by atoms with Crippen molar-refractivity contribution in [1.82, 2.24) is 0 Å². The zero-order valence-electron chi connectivity index (χ0n) is 21.9. The van der Waals surface area contributed by atoms with Crippen molar-refractivity contribution in [2.24, 2.45) is 57.7 Å². The smallest absolute Gasteiger partial charge is 0.315 e. The van der Waals surface area contributed by atoms with Crippen molar-refractivity contribution in [3.63, 3.8) is 0 Å². The molecule has 35 heavy (non-hydrogen) atoms. The summed E-state index contributed by atoms with van der Waals surface area (Å²) in [7, 11) is 0. The Bertz CT molecular complexity index is 943. The van der Waals surface area contributed by atoms with Gasteiger partial charge in [0.15, 0.2) is 6.29 Å². The molecule has 2 saturated heterocycles. The highest BCUT2D eigenvalue weighted by Gasteiger charge is 2.84. The van der Waals surface area contributed by atoms with Crippen LogP contribution in [0.4, 0.5) is 0 Å². The van der Waals surface area contributed by atoms with E-state index < -0.39 is 28.5 Å². The molecule has 12 atom stereocenters. The molecule has 2 aliphatic heterocycles. The van der Waals surface area contributed by atoms with Gasteiger partial charge in [-0.1, -0.05) is 45.8 Å². The summed E-state index contributed by atoms with van der Waals surface area (Å²) >= 11 is 0. The largest absolute Gasteiger partial charge is 0.481 e. The average Bonchev–Trinajstić information content (AvgIpc) is 3.50. The molecule has 2 heterocycles. The van der Waals surface area contributed by atoms with E-state index in [4.69, 9.17) is 14.2 Å². The zero-order valence-corrected chi connectivity index (χ0v) is 21.9. The fourth-order valence-corrected chi connectivity index (χ4v) is 10.4. The highest BCUT2D eigenvalue weighted by Crippen LogP contribution is 2.82. The molecule has 6 heteroatoms. The molecular formula is C29H42O6. The van der Waals surface area contributed by atoms with E-state index in [9.17, 15) is 14.7 Å². The summed E-state index contributed by atoms with van der Waals surface area (Å²) in [6.07, 6.45) is 7.27. The summed E-state index contributed by atoms with van der Waals surface area (Å²) in [5.41, 5.74) is -1.68. The normalized spacial score (nSPS) is 54.0. The van der Waals surface area contributed by atoms with E-state index in [0.717, 1.165) is 37.7 Å². The maximum atomic E-state index is 13.5. The molecule has 0 amide bonds. The molecule has 7 unspecified atom stereocenters. The Morgan fingerprint density at radius 3 is 2.69 bits per heavy atom. The number of carbonyl (C=O) groups is 2. The van der Waals surface area contributed by atoms with Gasteiger partial charge < -0.3 is 24.1 Å². The fraction of sp³-hybridized carbons (Fsp3) is 0.862. The second kappa shape index (κ2) is 7.88. The molecule has 3 saturated carbocycles. The summed E-state index contributed by atoms with van der Waals surface area (Å²) in [5.74, 6) is 1.18. The number of rotatable bonds is 6. The van der Waals surface area contributed by atoms with Gasteiger partial charge in [-0.2, -0.15) is 0 Å². The van der Waals surface area contributed by atoms with Crippen LogP contribution in [0.5, 0.6) is 0 Å². The number of allylic oxidation sites excluding steroid dienone is 1. The van der Waals surface area contributed by atoms with E-state index in [-0.39, 0.29) is 30.0 Å². The van der Waals surface area contributed by atoms with Crippen molar-refractivity contribution in [3.8, 4) is 0 Å². The number of hydrogen-bond acceptors (Lipinski definition) is 5. The summed E-state index contributed by atoms with van der Waals surface area (Å²) < 4.78 is 19.0. The SMILES string of the molecule is CC(C)C1=CC2CC3(C=O)C4CCC(C)C4CC2(CO[C@H]2C[C@@H]4OC[C@H](C)[C@H]4[C@@H](C)O2)C13C(=O)O. The van der Waals surface area contributed by atoms with Crippen LogP contribution in [0.3, 0.4) is 0 Å². The minimum atomic E-state index is -1.19. The van der Waals surface area contributed by atoms with Crippen LogP contribution in [-0.2, 0) is 23.8 Å². The molecule has 0 aromatic carbocycles. The monoisotopic (exact) mass is 486 g/mol. The Kier molecular flexibility index (Phi) is 5.43. The average molecular weight is 487 g/mol. The Morgan fingerprint density at radius 2 is 2.00 bits per heavy atom. The number of ether oxygens (including phenoxy) is 3.